The average Bonchev–Trinajstić information content (AvgIpc) is 2.31. The Labute approximate surface area is 104 Å². The highest BCUT2D eigenvalue weighted by atomic mass is 16.5. The highest BCUT2D eigenvalue weighted by Gasteiger charge is 2.22. The van der Waals surface area contributed by atoms with E-state index in [0.29, 0.717) is 0 Å². The van der Waals surface area contributed by atoms with Gasteiger partial charge in [-0.2, -0.15) is 0 Å². The standard InChI is InChI=1S/C15H22O2/c1-12-8-10-13(11-9-12)17-15-7-5-3-2-4-6-14(15)16/h8-11,14-16H,2-7H2,1H3. The molecule has 17 heavy (non-hydrogen) atoms. The molecule has 2 rings (SSSR count). The molecule has 0 aromatic heterocycles. The first kappa shape index (κ1) is 12.4. The Balaban J connectivity index is 1.97. The molecule has 1 aliphatic carbocycles. The fourth-order valence-electron chi connectivity index (χ4n) is 2.36. The van der Waals surface area contributed by atoms with E-state index in [1.54, 1.807) is 0 Å². The van der Waals surface area contributed by atoms with Crippen molar-refractivity contribution in [2.45, 2.75) is 57.7 Å². The van der Waals surface area contributed by atoms with E-state index in [9.17, 15) is 5.11 Å². The van der Waals surface area contributed by atoms with Crippen LogP contribution in [0.5, 0.6) is 5.75 Å². The van der Waals surface area contributed by atoms with Gasteiger partial charge in [-0.25, -0.2) is 0 Å². The van der Waals surface area contributed by atoms with E-state index in [1.807, 2.05) is 24.3 Å². The van der Waals surface area contributed by atoms with Gasteiger partial charge in [0.25, 0.3) is 0 Å². The molecule has 1 fully saturated rings. The summed E-state index contributed by atoms with van der Waals surface area (Å²) in [6.07, 6.45) is 6.29. The normalized spacial score (nSPS) is 26.0. The summed E-state index contributed by atoms with van der Waals surface area (Å²) in [4.78, 5) is 0. The number of benzene rings is 1. The smallest absolute Gasteiger partial charge is 0.124 e. The third kappa shape index (κ3) is 3.74. The molecule has 1 aromatic rings. The molecule has 0 spiro atoms. The second-order valence-corrected chi connectivity index (χ2v) is 5.03. The van der Waals surface area contributed by atoms with Gasteiger partial charge >= 0.3 is 0 Å². The second kappa shape index (κ2) is 6.06. The lowest BCUT2D eigenvalue weighted by Crippen LogP contribution is -2.32. The maximum absolute atomic E-state index is 10.1. The summed E-state index contributed by atoms with van der Waals surface area (Å²) in [6, 6.07) is 8.07. The van der Waals surface area contributed by atoms with Crippen LogP contribution in [0.2, 0.25) is 0 Å². The van der Waals surface area contributed by atoms with Crippen LogP contribution in [0, 0.1) is 6.92 Å². The zero-order valence-corrected chi connectivity index (χ0v) is 10.6. The first-order chi connectivity index (χ1) is 8.25. The van der Waals surface area contributed by atoms with Crippen molar-refractivity contribution in [1.29, 1.82) is 0 Å². The molecule has 0 bridgehead atoms. The minimum Gasteiger partial charge on any atom is -0.488 e. The summed E-state index contributed by atoms with van der Waals surface area (Å²) >= 11 is 0. The fourth-order valence-corrected chi connectivity index (χ4v) is 2.36. The minimum atomic E-state index is -0.309. The Morgan fingerprint density at radius 3 is 2.35 bits per heavy atom. The van der Waals surface area contributed by atoms with Crippen molar-refractivity contribution in [3.8, 4) is 5.75 Å². The average molecular weight is 234 g/mol. The third-order valence-corrected chi connectivity index (χ3v) is 3.48. The molecule has 2 heteroatoms. The monoisotopic (exact) mass is 234 g/mol. The molecule has 0 radical (unpaired) electrons. The van der Waals surface area contributed by atoms with E-state index in [1.165, 1.54) is 18.4 Å². The van der Waals surface area contributed by atoms with Crippen molar-refractivity contribution in [3.05, 3.63) is 29.8 Å². The molecular formula is C15H22O2. The maximum atomic E-state index is 10.1. The number of rotatable bonds is 2. The summed E-state index contributed by atoms with van der Waals surface area (Å²) in [7, 11) is 0. The Morgan fingerprint density at radius 2 is 1.65 bits per heavy atom. The summed E-state index contributed by atoms with van der Waals surface area (Å²) in [5.41, 5.74) is 1.23. The van der Waals surface area contributed by atoms with E-state index in [0.717, 1.165) is 31.4 Å². The lowest BCUT2D eigenvalue weighted by Gasteiger charge is -2.26. The largest absolute Gasteiger partial charge is 0.488 e. The Hall–Kier alpha value is -1.02. The third-order valence-electron chi connectivity index (χ3n) is 3.48. The van der Waals surface area contributed by atoms with E-state index in [4.69, 9.17) is 4.74 Å². The van der Waals surface area contributed by atoms with Crippen LogP contribution in [-0.2, 0) is 0 Å². The first-order valence-corrected chi connectivity index (χ1v) is 6.67. The number of aliphatic hydroxyl groups excluding tert-OH is 1. The maximum Gasteiger partial charge on any atom is 0.124 e. The summed E-state index contributed by atoms with van der Waals surface area (Å²) in [6.45, 7) is 2.06. The number of aryl methyl sites for hydroxylation is 1. The van der Waals surface area contributed by atoms with Crippen molar-refractivity contribution < 1.29 is 9.84 Å². The van der Waals surface area contributed by atoms with Crippen molar-refractivity contribution >= 4 is 0 Å². The van der Waals surface area contributed by atoms with Gasteiger partial charge in [-0.05, 0) is 38.3 Å². The number of aliphatic hydroxyl groups is 1. The summed E-state index contributed by atoms with van der Waals surface area (Å²) in [5.74, 6) is 0.875. The number of ether oxygens (including phenoxy) is 1. The molecule has 2 unspecified atom stereocenters. The van der Waals surface area contributed by atoms with Crippen LogP contribution in [0.25, 0.3) is 0 Å². The highest BCUT2D eigenvalue weighted by Crippen LogP contribution is 2.23. The minimum absolute atomic E-state index is 0.0296. The molecule has 1 aromatic carbocycles. The molecule has 94 valence electrons. The van der Waals surface area contributed by atoms with Crippen LogP contribution in [0.4, 0.5) is 0 Å². The molecule has 2 atom stereocenters. The van der Waals surface area contributed by atoms with Gasteiger partial charge in [-0.1, -0.05) is 37.0 Å². The van der Waals surface area contributed by atoms with Crippen molar-refractivity contribution in [3.63, 3.8) is 0 Å². The molecule has 1 saturated carbocycles. The van der Waals surface area contributed by atoms with E-state index >= 15 is 0 Å². The molecule has 2 nitrogen and oxygen atoms in total. The van der Waals surface area contributed by atoms with Crippen LogP contribution in [0.15, 0.2) is 24.3 Å². The highest BCUT2D eigenvalue weighted by molar-refractivity contribution is 5.26. The van der Waals surface area contributed by atoms with E-state index in [2.05, 4.69) is 6.92 Å². The number of hydrogen-bond donors (Lipinski definition) is 1. The first-order valence-electron chi connectivity index (χ1n) is 6.67. The molecule has 1 N–H and O–H groups in total. The van der Waals surface area contributed by atoms with Crippen molar-refractivity contribution in [1.82, 2.24) is 0 Å². The van der Waals surface area contributed by atoms with E-state index < -0.39 is 0 Å². The van der Waals surface area contributed by atoms with Gasteiger partial charge < -0.3 is 9.84 Å². The Kier molecular flexibility index (Phi) is 4.43. The van der Waals surface area contributed by atoms with Crippen LogP contribution < -0.4 is 4.74 Å². The van der Waals surface area contributed by atoms with Gasteiger partial charge in [0.15, 0.2) is 0 Å². The van der Waals surface area contributed by atoms with Crippen molar-refractivity contribution in [2.24, 2.45) is 0 Å². The van der Waals surface area contributed by atoms with Crippen molar-refractivity contribution in [2.75, 3.05) is 0 Å². The molecular weight excluding hydrogens is 212 g/mol. The number of hydrogen-bond acceptors (Lipinski definition) is 2. The van der Waals surface area contributed by atoms with Crippen LogP contribution in [0.1, 0.15) is 44.1 Å². The fraction of sp³-hybridized carbons (Fsp3) is 0.600. The molecule has 0 heterocycles. The second-order valence-electron chi connectivity index (χ2n) is 5.03. The molecule has 1 aliphatic rings. The zero-order chi connectivity index (χ0) is 12.1. The quantitative estimate of drug-likeness (QED) is 0.849. The van der Waals surface area contributed by atoms with Gasteiger partial charge in [-0.15, -0.1) is 0 Å². The van der Waals surface area contributed by atoms with Crippen LogP contribution in [0.3, 0.4) is 0 Å². The molecule has 0 amide bonds. The summed E-state index contributed by atoms with van der Waals surface area (Å²) < 4.78 is 5.91. The van der Waals surface area contributed by atoms with Gasteiger partial charge in [0.05, 0.1) is 6.10 Å². The summed E-state index contributed by atoms with van der Waals surface area (Å²) in [5, 5.41) is 10.1. The Bertz CT molecular complexity index is 331. The van der Waals surface area contributed by atoms with E-state index in [-0.39, 0.29) is 12.2 Å². The molecule has 0 saturated heterocycles. The van der Waals surface area contributed by atoms with Gasteiger partial charge in [0.2, 0.25) is 0 Å². The predicted molar refractivity (Wildman–Crippen MR) is 69.3 cm³/mol. The molecule has 0 aliphatic heterocycles. The van der Waals surface area contributed by atoms with Gasteiger partial charge in [-0.3, -0.25) is 0 Å². The lowest BCUT2D eigenvalue weighted by molar-refractivity contribution is 0.0187. The Morgan fingerprint density at radius 1 is 1.00 bits per heavy atom. The topological polar surface area (TPSA) is 29.5 Å². The zero-order valence-electron chi connectivity index (χ0n) is 10.6. The lowest BCUT2D eigenvalue weighted by atomic mass is 9.96. The van der Waals surface area contributed by atoms with Crippen LogP contribution in [-0.4, -0.2) is 17.3 Å². The van der Waals surface area contributed by atoms with Gasteiger partial charge in [0.1, 0.15) is 11.9 Å². The predicted octanol–water partition coefficient (Wildman–Crippen LogP) is 3.46. The van der Waals surface area contributed by atoms with Crippen LogP contribution >= 0.6 is 0 Å². The van der Waals surface area contributed by atoms with Gasteiger partial charge in [0, 0.05) is 0 Å². The SMILES string of the molecule is Cc1ccc(OC2CCCCCCC2O)cc1.